The van der Waals surface area contributed by atoms with Crippen molar-refractivity contribution >= 4 is 34.1 Å². The molecule has 0 saturated heterocycles. The van der Waals surface area contributed by atoms with Crippen molar-refractivity contribution in [3.8, 4) is 11.5 Å². The number of ether oxygens (including phenoxy) is 2. The van der Waals surface area contributed by atoms with E-state index in [0.29, 0.717) is 13.2 Å². The van der Waals surface area contributed by atoms with Crippen LogP contribution in [0.3, 0.4) is 0 Å². The van der Waals surface area contributed by atoms with Gasteiger partial charge >= 0.3 is 0 Å². The molecule has 1 unspecified atom stereocenters. The standard InChI is InChI=1S/C21H19NO3S/c1-14(26-16-9-10-19-20(13-16)25-12-11-24-19)21(23)22-18-8-4-6-15-5-2-3-7-17(15)18/h2-10,13-14H,11-12H2,1H3,(H,22,23). The van der Waals surface area contributed by atoms with Gasteiger partial charge in [0.25, 0.3) is 0 Å². The van der Waals surface area contributed by atoms with Crippen molar-refractivity contribution in [3.05, 3.63) is 60.7 Å². The van der Waals surface area contributed by atoms with Gasteiger partial charge in [-0.2, -0.15) is 0 Å². The molecule has 1 amide bonds. The number of hydrogen-bond donors (Lipinski definition) is 1. The molecule has 4 nitrogen and oxygen atoms in total. The number of anilines is 1. The van der Waals surface area contributed by atoms with Crippen LogP contribution in [0, 0.1) is 0 Å². The molecule has 1 aliphatic rings. The highest BCUT2D eigenvalue weighted by molar-refractivity contribution is 8.00. The van der Waals surface area contributed by atoms with Crippen molar-refractivity contribution < 1.29 is 14.3 Å². The van der Waals surface area contributed by atoms with E-state index in [1.54, 1.807) is 0 Å². The molecule has 1 aliphatic heterocycles. The molecule has 0 fully saturated rings. The van der Waals surface area contributed by atoms with Gasteiger partial charge in [-0.3, -0.25) is 4.79 Å². The number of nitrogens with one attached hydrogen (secondary N) is 1. The summed E-state index contributed by atoms with van der Waals surface area (Å²) < 4.78 is 11.1. The van der Waals surface area contributed by atoms with Gasteiger partial charge in [0, 0.05) is 16.0 Å². The third-order valence-electron chi connectivity index (χ3n) is 4.24. The summed E-state index contributed by atoms with van der Waals surface area (Å²) in [6.45, 7) is 3.03. The van der Waals surface area contributed by atoms with E-state index in [0.717, 1.165) is 32.9 Å². The quantitative estimate of drug-likeness (QED) is 0.679. The first-order valence-corrected chi connectivity index (χ1v) is 9.43. The number of benzene rings is 3. The van der Waals surface area contributed by atoms with Gasteiger partial charge in [0.1, 0.15) is 13.2 Å². The number of carbonyl (C=O) groups is 1. The van der Waals surface area contributed by atoms with Crippen LogP contribution in [0.1, 0.15) is 6.92 Å². The summed E-state index contributed by atoms with van der Waals surface area (Å²) in [5.74, 6) is 1.47. The van der Waals surface area contributed by atoms with E-state index in [1.165, 1.54) is 11.8 Å². The highest BCUT2D eigenvalue weighted by atomic mass is 32.2. The fraction of sp³-hybridized carbons (Fsp3) is 0.190. The fourth-order valence-corrected chi connectivity index (χ4v) is 3.82. The number of rotatable bonds is 4. The summed E-state index contributed by atoms with van der Waals surface area (Å²) in [6.07, 6.45) is 0. The maximum absolute atomic E-state index is 12.7. The van der Waals surface area contributed by atoms with E-state index in [-0.39, 0.29) is 11.2 Å². The van der Waals surface area contributed by atoms with E-state index in [4.69, 9.17) is 9.47 Å². The Morgan fingerprint density at radius 2 is 1.77 bits per heavy atom. The van der Waals surface area contributed by atoms with Crippen molar-refractivity contribution in [3.63, 3.8) is 0 Å². The molecule has 1 heterocycles. The van der Waals surface area contributed by atoms with Crippen LogP contribution in [-0.2, 0) is 4.79 Å². The van der Waals surface area contributed by atoms with Gasteiger partial charge in [-0.05, 0) is 36.6 Å². The maximum Gasteiger partial charge on any atom is 0.237 e. The molecule has 0 spiro atoms. The molecule has 1 atom stereocenters. The second kappa shape index (κ2) is 7.30. The predicted molar refractivity (Wildman–Crippen MR) is 105 cm³/mol. The predicted octanol–water partition coefficient (Wildman–Crippen LogP) is 4.73. The number of thioether (sulfide) groups is 1. The molecule has 0 aliphatic carbocycles. The average Bonchev–Trinajstić information content (AvgIpc) is 2.68. The van der Waals surface area contributed by atoms with E-state index in [2.05, 4.69) is 5.32 Å². The molecule has 0 saturated carbocycles. The van der Waals surface area contributed by atoms with Gasteiger partial charge in [0.05, 0.1) is 5.25 Å². The van der Waals surface area contributed by atoms with Gasteiger partial charge in [0.2, 0.25) is 5.91 Å². The Morgan fingerprint density at radius 3 is 2.65 bits per heavy atom. The zero-order valence-corrected chi connectivity index (χ0v) is 15.2. The second-order valence-electron chi connectivity index (χ2n) is 6.08. The van der Waals surface area contributed by atoms with Crippen LogP contribution in [0.15, 0.2) is 65.6 Å². The molecule has 26 heavy (non-hydrogen) atoms. The topological polar surface area (TPSA) is 47.6 Å². The molecule has 3 aromatic rings. The first-order chi connectivity index (χ1) is 12.7. The summed E-state index contributed by atoms with van der Waals surface area (Å²) in [7, 11) is 0. The summed E-state index contributed by atoms with van der Waals surface area (Å²) >= 11 is 1.50. The minimum Gasteiger partial charge on any atom is -0.486 e. The Labute approximate surface area is 156 Å². The van der Waals surface area contributed by atoms with Crippen molar-refractivity contribution in [2.24, 2.45) is 0 Å². The smallest absolute Gasteiger partial charge is 0.237 e. The molecular weight excluding hydrogens is 346 g/mol. The number of hydrogen-bond acceptors (Lipinski definition) is 4. The normalized spacial score (nSPS) is 14.0. The molecule has 4 rings (SSSR count). The third-order valence-corrected chi connectivity index (χ3v) is 5.34. The largest absolute Gasteiger partial charge is 0.486 e. The molecule has 5 heteroatoms. The van der Waals surface area contributed by atoms with Crippen molar-refractivity contribution in [2.45, 2.75) is 17.1 Å². The highest BCUT2D eigenvalue weighted by Crippen LogP contribution is 2.35. The first kappa shape index (κ1) is 16.8. The van der Waals surface area contributed by atoms with E-state index < -0.39 is 0 Å². The van der Waals surface area contributed by atoms with Gasteiger partial charge in [-0.1, -0.05) is 36.4 Å². The summed E-state index contributed by atoms with van der Waals surface area (Å²) in [5.41, 5.74) is 0.836. The molecule has 132 valence electrons. The zero-order chi connectivity index (χ0) is 17.9. The Hall–Kier alpha value is -2.66. The zero-order valence-electron chi connectivity index (χ0n) is 14.4. The van der Waals surface area contributed by atoms with Gasteiger partial charge in [-0.15, -0.1) is 11.8 Å². The third kappa shape index (κ3) is 3.48. The monoisotopic (exact) mass is 365 g/mol. The molecule has 3 aromatic carbocycles. The summed E-state index contributed by atoms with van der Waals surface area (Å²) in [5, 5.41) is 4.96. The molecule has 1 N–H and O–H groups in total. The lowest BCUT2D eigenvalue weighted by Crippen LogP contribution is -2.22. The second-order valence-corrected chi connectivity index (χ2v) is 7.50. The van der Waals surface area contributed by atoms with Crippen LogP contribution in [0.2, 0.25) is 0 Å². The fourth-order valence-electron chi connectivity index (χ4n) is 2.92. The van der Waals surface area contributed by atoms with Crippen molar-refractivity contribution in [1.82, 2.24) is 0 Å². The SMILES string of the molecule is CC(Sc1ccc2c(c1)OCCO2)C(=O)Nc1cccc2ccccc12. The maximum atomic E-state index is 12.7. The molecule has 0 radical (unpaired) electrons. The van der Waals surface area contributed by atoms with Gasteiger partial charge < -0.3 is 14.8 Å². The van der Waals surface area contributed by atoms with E-state index in [1.807, 2.05) is 67.6 Å². The first-order valence-electron chi connectivity index (χ1n) is 8.55. The lowest BCUT2D eigenvalue weighted by atomic mass is 10.1. The molecule has 0 aromatic heterocycles. The van der Waals surface area contributed by atoms with Crippen LogP contribution in [0.5, 0.6) is 11.5 Å². The van der Waals surface area contributed by atoms with Crippen molar-refractivity contribution in [1.29, 1.82) is 0 Å². The lowest BCUT2D eigenvalue weighted by Gasteiger charge is -2.19. The van der Waals surface area contributed by atoms with Crippen LogP contribution in [0.4, 0.5) is 5.69 Å². The Balaban J connectivity index is 1.48. The lowest BCUT2D eigenvalue weighted by molar-refractivity contribution is -0.115. The summed E-state index contributed by atoms with van der Waals surface area (Å²) in [4.78, 5) is 13.6. The molecule has 0 bridgehead atoms. The van der Waals surface area contributed by atoms with Crippen LogP contribution >= 0.6 is 11.8 Å². The van der Waals surface area contributed by atoms with E-state index >= 15 is 0 Å². The van der Waals surface area contributed by atoms with Crippen LogP contribution in [0.25, 0.3) is 10.8 Å². The Morgan fingerprint density at radius 1 is 1.00 bits per heavy atom. The van der Waals surface area contributed by atoms with Gasteiger partial charge in [-0.25, -0.2) is 0 Å². The van der Waals surface area contributed by atoms with Crippen LogP contribution < -0.4 is 14.8 Å². The van der Waals surface area contributed by atoms with Gasteiger partial charge in [0.15, 0.2) is 11.5 Å². The molecular formula is C21H19NO3S. The van der Waals surface area contributed by atoms with Crippen molar-refractivity contribution in [2.75, 3.05) is 18.5 Å². The Bertz CT molecular complexity index is 952. The minimum atomic E-state index is -0.239. The van der Waals surface area contributed by atoms with E-state index in [9.17, 15) is 4.79 Å². The number of carbonyl (C=O) groups excluding carboxylic acids is 1. The number of fused-ring (bicyclic) bond motifs is 2. The minimum absolute atomic E-state index is 0.0266. The highest BCUT2D eigenvalue weighted by Gasteiger charge is 2.18. The summed E-state index contributed by atoms with van der Waals surface area (Å²) in [6, 6.07) is 19.7. The Kier molecular flexibility index (Phi) is 4.71. The average molecular weight is 365 g/mol. The number of amides is 1. The van der Waals surface area contributed by atoms with Crippen LogP contribution in [-0.4, -0.2) is 24.4 Å².